The predicted molar refractivity (Wildman–Crippen MR) is 100 cm³/mol. The number of amides is 3. The van der Waals surface area contributed by atoms with Crippen molar-refractivity contribution >= 4 is 17.7 Å². The average Bonchev–Trinajstić information content (AvgIpc) is 2.72. The van der Waals surface area contributed by atoms with Gasteiger partial charge >= 0.3 is 0 Å². The molecule has 3 amide bonds. The average molecular weight is 377 g/mol. The molecule has 148 valence electrons. The van der Waals surface area contributed by atoms with Crippen LogP contribution in [0, 0.1) is 0 Å². The van der Waals surface area contributed by atoms with Crippen LogP contribution in [0.3, 0.4) is 0 Å². The molecule has 0 atom stereocenters. The first-order chi connectivity index (χ1) is 13.0. The normalized spacial score (nSPS) is 14.5. The largest absolute Gasteiger partial charge is 0.497 e. The molecule has 0 spiro atoms. The van der Waals surface area contributed by atoms with E-state index in [9.17, 15) is 14.4 Å². The van der Waals surface area contributed by atoms with Crippen LogP contribution in [-0.4, -0.2) is 87.0 Å². The molecule has 2 rings (SSSR count). The summed E-state index contributed by atoms with van der Waals surface area (Å²) in [6.45, 7) is 3.77. The molecule has 0 unspecified atom stereocenters. The molecule has 0 aliphatic carbocycles. The molecule has 27 heavy (non-hydrogen) atoms. The molecule has 0 bridgehead atoms. The minimum Gasteiger partial charge on any atom is -0.497 e. The quantitative estimate of drug-likeness (QED) is 0.515. The van der Waals surface area contributed by atoms with Crippen LogP contribution in [0.5, 0.6) is 5.75 Å². The molecule has 1 fully saturated rings. The van der Waals surface area contributed by atoms with Gasteiger partial charge in [-0.3, -0.25) is 19.3 Å². The summed E-state index contributed by atoms with van der Waals surface area (Å²) in [4.78, 5) is 39.1. The highest BCUT2D eigenvalue weighted by Gasteiger charge is 2.21. The number of hydrogen-bond donors (Lipinski definition) is 3. The maximum atomic E-state index is 12.1. The Morgan fingerprint density at radius 3 is 2.33 bits per heavy atom. The fourth-order valence-electron chi connectivity index (χ4n) is 2.75. The molecule has 1 aromatic rings. The van der Waals surface area contributed by atoms with E-state index in [2.05, 4.69) is 15.5 Å². The Labute approximate surface area is 158 Å². The van der Waals surface area contributed by atoms with Crippen molar-refractivity contribution < 1.29 is 19.1 Å². The Balaban J connectivity index is 1.64. The van der Waals surface area contributed by atoms with Crippen LogP contribution in [0.15, 0.2) is 24.3 Å². The van der Waals surface area contributed by atoms with Crippen molar-refractivity contribution in [1.82, 2.24) is 20.4 Å². The molecule has 0 aromatic heterocycles. The summed E-state index contributed by atoms with van der Waals surface area (Å²) in [6, 6.07) is 6.95. The van der Waals surface area contributed by atoms with E-state index in [1.165, 1.54) is 0 Å². The molecule has 1 heterocycles. The van der Waals surface area contributed by atoms with Crippen LogP contribution in [0.2, 0.25) is 0 Å². The Morgan fingerprint density at radius 2 is 1.74 bits per heavy atom. The number of nitrogens with two attached hydrogens (primary N) is 1. The van der Waals surface area contributed by atoms with Gasteiger partial charge in [0, 0.05) is 44.8 Å². The third kappa shape index (κ3) is 6.54. The molecule has 1 aromatic carbocycles. The van der Waals surface area contributed by atoms with E-state index < -0.39 is 0 Å². The summed E-state index contributed by atoms with van der Waals surface area (Å²) in [5.41, 5.74) is 5.78. The maximum Gasteiger partial charge on any atom is 0.251 e. The molecular weight excluding hydrogens is 350 g/mol. The molecule has 9 heteroatoms. The highest BCUT2D eigenvalue weighted by atomic mass is 16.5. The molecule has 9 nitrogen and oxygen atoms in total. The van der Waals surface area contributed by atoms with Crippen LogP contribution < -0.4 is 21.1 Å². The van der Waals surface area contributed by atoms with Gasteiger partial charge in [-0.15, -0.1) is 0 Å². The van der Waals surface area contributed by atoms with Gasteiger partial charge in [-0.25, -0.2) is 0 Å². The first kappa shape index (κ1) is 20.7. The number of benzene rings is 1. The Hall–Kier alpha value is -2.65. The van der Waals surface area contributed by atoms with Gasteiger partial charge in [-0.1, -0.05) is 0 Å². The van der Waals surface area contributed by atoms with Gasteiger partial charge in [-0.2, -0.15) is 0 Å². The van der Waals surface area contributed by atoms with Crippen LogP contribution in [0.25, 0.3) is 0 Å². The molecule has 1 saturated heterocycles. The zero-order valence-electron chi connectivity index (χ0n) is 15.6. The van der Waals surface area contributed by atoms with E-state index in [0.29, 0.717) is 37.5 Å². The van der Waals surface area contributed by atoms with Crippen molar-refractivity contribution in [3.05, 3.63) is 29.8 Å². The topological polar surface area (TPSA) is 117 Å². The van der Waals surface area contributed by atoms with Crippen LogP contribution >= 0.6 is 0 Å². The molecule has 1 aliphatic heterocycles. The lowest BCUT2D eigenvalue weighted by Crippen LogP contribution is -2.52. The molecule has 4 N–H and O–H groups in total. The molecular formula is C18H27N5O4. The van der Waals surface area contributed by atoms with Crippen molar-refractivity contribution in [2.24, 2.45) is 5.73 Å². The van der Waals surface area contributed by atoms with Crippen molar-refractivity contribution in [1.29, 1.82) is 0 Å². The Kier molecular flexibility index (Phi) is 8.02. The number of piperazine rings is 1. The number of hydrogen-bond acceptors (Lipinski definition) is 6. The third-order valence-electron chi connectivity index (χ3n) is 4.41. The van der Waals surface area contributed by atoms with Gasteiger partial charge in [0.05, 0.1) is 20.2 Å². The Bertz CT molecular complexity index is 642. The summed E-state index contributed by atoms with van der Waals surface area (Å²) in [5, 5.41) is 5.38. The van der Waals surface area contributed by atoms with Crippen LogP contribution in [0.4, 0.5) is 0 Å². The number of carbonyl (C=O) groups is 3. The fourth-order valence-corrected chi connectivity index (χ4v) is 2.75. The third-order valence-corrected chi connectivity index (χ3v) is 4.41. The minimum absolute atomic E-state index is 0.0199. The lowest BCUT2D eigenvalue weighted by Gasteiger charge is -2.34. The number of ether oxygens (including phenoxy) is 1. The van der Waals surface area contributed by atoms with Crippen molar-refractivity contribution in [3.8, 4) is 5.75 Å². The lowest BCUT2D eigenvalue weighted by atomic mass is 10.2. The highest BCUT2D eigenvalue weighted by molar-refractivity contribution is 5.94. The van der Waals surface area contributed by atoms with Crippen molar-refractivity contribution in [2.45, 2.75) is 0 Å². The van der Waals surface area contributed by atoms with Gasteiger partial charge in [0.1, 0.15) is 5.75 Å². The fraction of sp³-hybridized carbons (Fsp3) is 0.500. The van der Waals surface area contributed by atoms with Crippen molar-refractivity contribution in [3.63, 3.8) is 0 Å². The second-order valence-corrected chi connectivity index (χ2v) is 6.19. The number of rotatable bonds is 8. The predicted octanol–water partition coefficient (Wildman–Crippen LogP) is -1.36. The van der Waals surface area contributed by atoms with Gasteiger partial charge in [0.25, 0.3) is 5.91 Å². The molecule has 0 radical (unpaired) electrons. The summed E-state index contributed by atoms with van der Waals surface area (Å²) >= 11 is 0. The second kappa shape index (κ2) is 10.5. The van der Waals surface area contributed by atoms with Gasteiger partial charge in [0.2, 0.25) is 11.8 Å². The number of nitrogens with one attached hydrogen (secondary N) is 2. The van der Waals surface area contributed by atoms with Crippen molar-refractivity contribution in [2.75, 3.05) is 59.5 Å². The summed E-state index contributed by atoms with van der Waals surface area (Å²) < 4.78 is 5.07. The van der Waals surface area contributed by atoms with E-state index in [0.717, 1.165) is 13.1 Å². The first-order valence-electron chi connectivity index (χ1n) is 8.92. The summed E-state index contributed by atoms with van der Waals surface area (Å²) in [5.74, 6) is 0.141. The SMILES string of the molecule is COc1ccc(C(=O)NCCN2CCN(C(=O)CNC(=O)CN)CC2)cc1. The van der Waals surface area contributed by atoms with Gasteiger partial charge < -0.3 is 26.0 Å². The van der Waals surface area contributed by atoms with E-state index in [1.54, 1.807) is 36.3 Å². The van der Waals surface area contributed by atoms with E-state index in [1.807, 2.05) is 0 Å². The number of methoxy groups -OCH3 is 1. The minimum atomic E-state index is -0.338. The highest BCUT2D eigenvalue weighted by Crippen LogP contribution is 2.11. The molecule has 1 aliphatic rings. The maximum absolute atomic E-state index is 12.1. The van der Waals surface area contributed by atoms with Crippen LogP contribution in [-0.2, 0) is 9.59 Å². The monoisotopic (exact) mass is 377 g/mol. The lowest BCUT2D eigenvalue weighted by molar-refractivity contribution is -0.134. The number of nitrogens with zero attached hydrogens (tertiary/aromatic N) is 2. The smallest absolute Gasteiger partial charge is 0.251 e. The van der Waals surface area contributed by atoms with Gasteiger partial charge in [-0.05, 0) is 24.3 Å². The standard InChI is InChI=1S/C18H27N5O4/c1-27-15-4-2-14(3-5-15)18(26)20-6-7-22-8-10-23(11-9-22)17(25)13-21-16(24)12-19/h2-5H,6-13,19H2,1H3,(H,20,26)(H,21,24). The van der Waals surface area contributed by atoms with E-state index in [-0.39, 0.29) is 30.8 Å². The molecule has 0 saturated carbocycles. The number of carbonyl (C=O) groups excluding carboxylic acids is 3. The van der Waals surface area contributed by atoms with E-state index in [4.69, 9.17) is 10.5 Å². The van der Waals surface area contributed by atoms with Gasteiger partial charge in [0.15, 0.2) is 0 Å². The van der Waals surface area contributed by atoms with E-state index >= 15 is 0 Å². The zero-order chi connectivity index (χ0) is 19.6. The zero-order valence-corrected chi connectivity index (χ0v) is 15.6. The summed E-state index contributed by atoms with van der Waals surface area (Å²) in [6.07, 6.45) is 0. The Morgan fingerprint density at radius 1 is 1.07 bits per heavy atom. The van der Waals surface area contributed by atoms with Crippen LogP contribution in [0.1, 0.15) is 10.4 Å². The summed E-state index contributed by atoms with van der Waals surface area (Å²) in [7, 11) is 1.58. The second-order valence-electron chi connectivity index (χ2n) is 6.19. The first-order valence-corrected chi connectivity index (χ1v) is 8.92.